The largest absolute Gasteiger partial charge is 0.507 e. The summed E-state index contributed by atoms with van der Waals surface area (Å²) >= 11 is 0. The molecule has 0 saturated heterocycles. The minimum absolute atomic E-state index is 0.167. The summed E-state index contributed by atoms with van der Waals surface area (Å²) in [4.78, 5) is 32.1. The molecule has 0 spiro atoms. The number of azo groups is 1. The summed E-state index contributed by atoms with van der Waals surface area (Å²) in [5.41, 5.74) is 5.12. The molecule has 0 aliphatic rings. The Morgan fingerprint density at radius 2 is 0.909 bits per heavy atom. The first-order chi connectivity index (χ1) is 15.5. The van der Waals surface area contributed by atoms with Crippen molar-refractivity contribution in [3.05, 3.63) is 71.3 Å². The van der Waals surface area contributed by atoms with E-state index in [1.54, 1.807) is 0 Å². The number of nitrogens with zero attached hydrogens (tertiary/aromatic N) is 2. The van der Waals surface area contributed by atoms with E-state index in [0.29, 0.717) is 5.69 Å². The molecule has 0 aromatic heterocycles. The van der Waals surface area contributed by atoms with Gasteiger partial charge >= 0.3 is 17.9 Å². The Labute approximate surface area is 185 Å². The highest BCUT2D eigenvalue weighted by Crippen LogP contribution is 2.27. The van der Waals surface area contributed by atoms with E-state index >= 15 is 0 Å². The predicted octanol–water partition coefficient (Wildman–Crippen LogP) is 3.58. The number of hydrogen-bond acceptors (Lipinski definition) is 9. The minimum Gasteiger partial charge on any atom is -0.507 e. The van der Waals surface area contributed by atoms with E-state index in [2.05, 4.69) is 10.2 Å². The summed E-state index contributed by atoms with van der Waals surface area (Å²) in [7, 11) is 0. The molecule has 170 valence electrons. The summed E-state index contributed by atoms with van der Waals surface area (Å²) in [5.74, 6) is -4.88. The van der Waals surface area contributed by atoms with E-state index in [-0.39, 0.29) is 33.8 Å². The number of phenols is 3. The van der Waals surface area contributed by atoms with Crippen LogP contribution >= 0.6 is 0 Å². The average Bonchev–Trinajstić information content (AvgIpc) is 2.75. The average molecular weight is 455 g/mol. The number of benzene rings is 3. The third kappa shape index (κ3) is 6.42. The molecule has 3 aromatic carbocycles. The third-order valence-electron chi connectivity index (χ3n) is 3.95. The van der Waals surface area contributed by atoms with Gasteiger partial charge in [0.2, 0.25) is 0 Å². The number of aromatic carboxylic acids is 3. The molecule has 0 radical (unpaired) electrons. The molecule has 33 heavy (non-hydrogen) atoms. The van der Waals surface area contributed by atoms with Crippen LogP contribution in [0.4, 0.5) is 17.1 Å². The Morgan fingerprint density at radius 3 is 1.24 bits per heavy atom. The Balaban J connectivity index is 0.000000294. The van der Waals surface area contributed by atoms with Gasteiger partial charge in [-0.25, -0.2) is 14.4 Å². The number of nitrogen functional groups attached to an aromatic ring is 1. The van der Waals surface area contributed by atoms with Gasteiger partial charge in [-0.05, 0) is 54.6 Å². The number of nitrogens with two attached hydrogens (primary N) is 1. The topological polar surface area (TPSA) is 223 Å². The molecule has 3 aromatic rings. The van der Waals surface area contributed by atoms with Gasteiger partial charge in [0.25, 0.3) is 0 Å². The summed E-state index contributed by atoms with van der Waals surface area (Å²) in [5, 5.41) is 61.5. The van der Waals surface area contributed by atoms with E-state index in [9.17, 15) is 24.6 Å². The number of carbonyl (C=O) groups is 3. The second kappa shape index (κ2) is 10.3. The van der Waals surface area contributed by atoms with Gasteiger partial charge in [0, 0.05) is 5.69 Å². The molecule has 0 saturated carbocycles. The quantitative estimate of drug-likeness (QED) is 0.168. The fourth-order valence-corrected chi connectivity index (χ4v) is 2.36. The molecule has 8 N–H and O–H groups in total. The zero-order chi connectivity index (χ0) is 24.7. The highest BCUT2D eigenvalue weighted by Gasteiger charge is 2.11. The number of carboxylic acid groups (broad SMARTS) is 3. The number of carboxylic acids is 3. The maximum absolute atomic E-state index is 10.9. The lowest BCUT2D eigenvalue weighted by Gasteiger charge is -2.01. The molecule has 0 amide bonds. The molecule has 0 atom stereocenters. The van der Waals surface area contributed by atoms with Crippen molar-refractivity contribution in [1.29, 1.82) is 0 Å². The Bertz CT molecular complexity index is 1190. The van der Waals surface area contributed by atoms with Crippen molar-refractivity contribution in [1.82, 2.24) is 0 Å². The normalized spacial score (nSPS) is 10.3. The lowest BCUT2D eigenvalue weighted by Crippen LogP contribution is -1.97. The van der Waals surface area contributed by atoms with Crippen LogP contribution in [0.25, 0.3) is 0 Å². The Morgan fingerprint density at radius 1 is 0.576 bits per heavy atom. The molecule has 0 aliphatic heterocycles. The fourth-order valence-electron chi connectivity index (χ4n) is 2.36. The van der Waals surface area contributed by atoms with Crippen LogP contribution in [0.2, 0.25) is 0 Å². The van der Waals surface area contributed by atoms with Gasteiger partial charge in [-0.3, -0.25) is 0 Å². The van der Waals surface area contributed by atoms with Crippen molar-refractivity contribution >= 4 is 35.0 Å². The first-order valence-electron chi connectivity index (χ1n) is 8.85. The molecule has 0 fully saturated rings. The van der Waals surface area contributed by atoms with Crippen molar-refractivity contribution in [2.45, 2.75) is 0 Å². The van der Waals surface area contributed by atoms with Crippen molar-refractivity contribution in [2.75, 3.05) is 5.73 Å². The minimum atomic E-state index is -1.31. The van der Waals surface area contributed by atoms with Gasteiger partial charge in [-0.1, -0.05) is 0 Å². The van der Waals surface area contributed by atoms with Crippen molar-refractivity contribution in [2.24, 2.45) is 10.2 Å². The van der Waals surface area contributed by atoms with Gasteiger partial charge in [0.1, 0.15) is 33.9 Å². The summed E-state index contributed by atoms with van der Waals surface area (Å²) in [6.45, 7) is 0. The van der Waals surface area contributed by atoms with Crippen LogP contribution in [0.1, 0.15) is 31.1 Å². The SMILES string of the molecule is Nc1ccc(O)c(C(=O)O)c1.O=C(O)c1cc(N=Nc2ccc(O)c(C(=O)O)c2)ccc1O. The van der Waals surface area contributed by atoms with Crippen LogP contribution in [0.5, 0.6) is 17.2 Å². The van der Waals surface area contributed by atoms with Gasteiger partial charge in [0.05, 0.1) is 11.4 Å². The molecule has 0 heterocycles. The maximum Gasteiger partial charge on any atom is 0.339 e. The predicted molar refractivity (Wildman–Crippen MR) is 114 cm³/mol. The molecule has 0 bridgehead atoms. The van der Waals surface area contributed by atoms with Crippen LogP contribution in [-0.4, -0.2) is 48.5 Å². The molecular formula is C21H17N3O9. The van der Waals surface area contributed by atoms with Gasteiger partial charge in [0.15, 0.2) is 0 Å². The van der Waals surface area contributed by atoms with Crippen molar-refractivity contribution < 1.29 is 45.0 Å². The lowest BCUT2D eigenvalue weighted by atomic mass is 10.2. The molecule has 0 unspecified atom stereocenters. The first kappa shape index (κ1) is 24.1. The number of hydrogen-bond donors (Lipinski definition) is 7. The number of rotatable bonds is 5. The highest BCUT2D eigenvalue weighted by molar-refractivity contribution is 5.93. The Kier molecular flexibility index (Phi) is 7.50. The van der Waals surface area contributed by atoms with E-state index in [4.69, 9.17) is 26.2 Å². The van der Waals surface area contributed by atoms with Gasteiger partial charge in [-0.15, -0.1) is 0 Å². The standard InChI is InChI=1S/C14H10N2O6.C7H7NO3/c17-11-3-1-7(5-9(11)13(19)20)15-16-8-2-4-12(18)10(6-8)14(21)22;8-4-1-2-6(9)5(3-4)7(10)11/h1-6,17-18H,(H,19,20)(H,21,22);1-3,9H,8H2,(H,10,11). The molecule has 12 heteroatoms. The lowest BCUT2D eigenvalue weighted by molar-refractivity contribution is 0.0682. The maximum atomic E-state index is 10.9. The van der Waals surface area contributed by atoms with Crippen molar-refractivity contribution in [3.8, 4) is 17.2 Å². The van der Waals surface area contributed by atoms with Crippen LogP contribution in [0, 0.1) is 0 Å². The van der Waals surface area contributed by atoms with E-state index in [1.807, 2.05) is 0 Å². The number of anilines is 1. The third-order valence-corrected chi connectivity index (χ3v) is 3.95. The van der Waals surface area contributed by atoms with Crippen LogP contribution in [0.3, 0.4) is 0 Å². The van der Waals surface area contributed by atoms with Crippen LogP contribution in [0.15, 0.2) is 64.8 Å². The monoisotopic (exact) mass is 455 g/mol. The van der Waals surface area contributed by atoms with Crippen molar-refractivity contribution in [3.63, 3.8) is 0 Å². The number of aromatic hydroxyl groups is 3. The molecule has 3 rings (SSSR count). The summed E-state index contributed by atoms with van der Waals surface area (Å²) in [6, 6.07) is 11.2. The summed E-state index contributed by atoms with van der Waals surface area (Å²) in [6.07, 6.45) is 0. The molecule has 12 nitrogen and oxygen atoms in total. The summed E-state index contributed by atoms with van der Waals surface area (Å²) < 4.78 is 0. The molecular weight excluding hydrogens is 438 g/mol. The van der Waals surface area contributed by atoms with E-state index < -0.39 is 29.4 Å². The second-order valence-corrected chi connectivity index (χ2v) is 6.29. The van der Waals surface area contributed by atoms with Crippen LogP contribution in [-0.2, 0) is 0 Å². The smallest absolute Gasteiger partial charge is 0.339 e. The Hall–Kier alpha value is -5.13. The van der Waals surface area contributed by atoms with Crippen LogP contribution < -0.4 is 5.73 Å². The zero-order valence-corrected chi connectivity index (χ0v) is 16.6. The second-order valence-electron chi connectivity index (χ2n) is 6.29. The van der Waals surface area contributed by atoms with E-state index in [0.717, 1.165) is 24.3 Å². The first-order valence-corrected chi connectivity index (χ1v) is 8.85. The molecule has 0 aliphatic carbocycles. The highest BCUT2D eigenvalue weighted by atomic mass is 16.4. The zero-order valence-electron chi connectivity index (χ0n) is 16.6. The van der Waals surface area contributed by atoms with Gasteiger partial charge in [-0.2, -0.15) is 10.2 Å². The fraction of sp³-hybridized carbons (Fsp3) is 0. The van der Waals surface area contributed by atoms with E-state index in [1.165, 1.54) is 30.3 Å². The van der Waals surface area contributed by atoms with Gasteiger partial charge < -0.3 is 36.4 Å².